The molecule has 58 valence electrons. The van der Waals surface area contributed by atoms with Gasteiger partial charge in [-0.15, -0.1) is 0 Å². The molecule has 0 aromatic rings. The van der Waals surface area contributed by atoms with E-state index in [1.165, 1.54) is 44.9 Å². The van der Waals surface area contributed by atoms with E-state index >= 15 is 0 Å². The zero-order chi connectivity index (χ0) is 6.86. The van der Waals surface area contributed by atoms with Crippen molar-refractivity contribution in [3.8, 4) is 0 Å². The van der Waals surface area contributed by atoms with Crippen molar-refractivity contribution in [2.45, 2.75) is 50.5 Å². The second-order valence-electron chi connectivity index (χ2n) is 3.70. The summed E-state index contributed by atoms with van der Waals surface area (Å²) in [6.07, 6.45) is 9.52. The molecule has 0 N–H and O–H groups in total. The smallest absolute Gasteiger partial charge is 0.0682 e. The van der Waals surface area contributed by atoms with Gasteiger partial charge in [-0.2, -0.15) is 0 Å². The first-order valence-corrected chi connectivity index (χ1v) is 4.55. The molecule has 1 aliphatic carbocycles. The summed E-state index contributed by atoms with van der Waals surface area (Å²) in [6, 6.07) is 0. The third-order valence-corrected chi connectivity index (χ3v) is 2.95. The number of hydrogen-bond donors (Lipinski definition) is 0. The van der Waals surface area contributed by atoms with Crippen molar-refractivity contribution < 1.29 is 4.74 Å². The molecule has 1 saturated heterocycles. The molecule has 1 saturated carbocycles. The van der Waals surface area contributed by atoms with Crippen molar-refractivity contribution in [1.29, 1.82) is 0 Å². The fourth-order valence-corrected chi connectivity index (χ4v) is 2.32. The summed E-state index contributed by atoms with van der Waals surface area (Å²) >= 11 is 0. The van der Waals surface area contributed by atoms with Gasteiger partial charge in [0.1, 0.15) is 0 Å². The van der Waals surface area contributed by atoms with E-state index in [1.807, 2.05) is 0 Å². The van der Waals surface area contributed by atoms with Gasteiger partial charge < -0.3 is 4.74 Å². The lowest BCUT2D eigenvalue weighted by molar-refractivity contribution is -0.0728. The molecule has 0 unspecified atom stereocenters. The average Bonchev–Trinajstić information content (AvgIpc) is 2.39. The minimum absolute atomic E-state index is 0.373. The van der Waals surface area contributed by atoms with Crippen LogP contribution in [0.15, 0.2) is 0 Å². The van der Waals surface area contributed by atoms with Crippen LogP contribution in [0.1, 0.15) is 44.9 Å². The molecule has 0 amide bonds. The lowest BCUT2D eigenvalue weighted by Crippen LogP contribution is -2.32. The molecule has 0 aromatic carbocycles. The molecule has 2 fully saturated rings. The molecule has 2 aliphatic rings. The molecule has 0 atom stereocenters. The summed E-state index contributed by atoms with van der Waals surface area (Å²) in [7, 11) is 0. The summed E-state index contributed by atoms with van der Waals surface area (Å²) < 4.78 is 5.83. The van der Waals surface area contributed by atoms with E-state index in [-0.39, 0.29) is 0 Å². The van der Waals surface area contributed by atoms with Crippen molar-refractivity contribution in [3.63, 3.8) is 0 Å². The molecular formula is C9H16O. The van der Waals surface area contributed by atoms with Crippen LogP contribution in [0.5, 0.6) is 0 Å². The van der Waals surface area contributed by atoms with Crippen LogP contribution in [0.2, 0.25) is 0 Å². The van der Waals surface area contributed by atoms with Crippen molar-refractivity contribution >= 4 is 0 Å². The predicted molar refractivity (Wildman–Crippen MR) is 41.0 cm³/mol. The topological polar surface area (TPSA) is 9.23 Å². The highest BCUT2D eigenvalue weighted by Crippen LogP contribution is 2.39. The van der Waals surface area contributed by atoms with E-state index in [0.717, 1.165) is 6.61 Å². The van der Waals surface area contributed by atoms with Crippen LogP contribution in [-0.2, 0) is 4.74 Å². The first-order valence-electron chi connectivity index (χ1n) is 4.55. The van der Waals surface area contributed by atoms with Gasteiger partial charge in [0.2, 0.25) is 0 Å². The van der Waals surface area contributed by atoms with Crippen LogP contribution >= 0.6 is 0 Å². The largest absolute Gasteiger partial charge is 0.375 e. The van der Waals surface area contributed by atoms with Gasteiger partial charge in [-0.25, -0.2) is 0 Å². The van der Waals surface area contributed by atoms with E-state index in [9.17, 15) is 0 Å². The van der Waals surface area contributed by atoms with Crippen LogP contribution in [0.25, 0.3) is 0 Å². The van der Waals surface area contributed by atoms with Crippen LogP contribution in [0.3, 0.4) is 0 Å². The summed E-state index contributed by atoms with van der Waals surface area (Å²) in [5, 5.41) is 0. The Morgan fingerprint density at radius 3 is 2.00 bits per heavy atom. The maximum absolute atomic E-state index is 5.83. The maximum atomic E-state index is 5.83. The van der Waals surface area contributed by atoms with Crippen LogP contribution in [-0.4, -0.2) is 12.2 Å². The maximum Gasteiger partial charge on any atom is 0.0682 e. The molecule has 2 rings (SSSR count). The Hall–Kier alpha value is -0.0400. The van der Waals surface area contributed by atoms with Gasteiger partial charge in [0.15, 0.2) is 0 Å². The number of rotatable bonds is 0. The Bertz CT molecular complexity index is 106. The highest BCUT2D eigenvalue weighted by atomic mass is 16.5. The fraction of sp³-hybridized carbons (Fsp3) is 1.00. The standard InChI is InChI=1S/C9H16O/c1-2-6-9(5-1)7-3-4-8-10-9/h1-8H2. The minimum Gasteiger partial charge on any atom is -0.375 e. The molecule has 1 heteroatoms. The number of ether oxygens (including phenoxy) is 1. The Morgan fingerprint density at radius 2 is 1.40 bits per heavy atom. The van der Waals surface area contributed by atoms with E-state index in [2.05, 4.69) is 0 Å². The van der Waals surface area contributed by atoms with E-state index < -0.39 is 0 Å². The van der Waals surface area contributed by atoms with Gasteiger partial charge in [-0.05, 0) is 32.1 Å². The van der Waals surface area contributed by atoms with E-state index in [0.29, 0.717) is 5.60 Å². The Kier molecular flexibility index (Phi) is 1.69. The third-order valence-electron chi connectivity index (χ3n) is 2.95. The van der Waals surface area contributed by atoms with Crippen LogP contribution in [0.4, 0.5) is 0 Å². The molecule has 1 heterocycles. The van der Waals surface area contributed by atoms with Crippen molar-refractivity contribution in [2.75, 3.05) is 6.61 Å². The van der Waals surface area contributed by atoms with Crippen molar-refractivity contribution in [3.05, 3.63) is 0 Å². The van der Waals surface area contributed by atoms with E-state index in [4.69, 9.17) is 4.74 Å². The number of hydrogen-bond acceptors (Lipinski definition) is 1. The predicted octanol–water partition coefficient (Wildman–Crippen LogP) is 2.50. The Labute approximate surface area is 62.8 Å². The highest BCUT2D eigenvalue weighted by molar-refractivity contribution is 4.87. The average molecular weight is 140 g/mol. The minimum atomic E-state index is 0.373. The molecule has 1 spiro atoms. The summed E-state index contributed by atoms with van der Waals surface area (Å²) in [5.74, 6) is 0. The Balaban J connectivity index is 1.98. The molecule has 1 aliphatic heterocycles. The summed E-state index contributed by atoms with van der Waals surface area (Å²) in [6.45, 7) is 1.03. The van der Waals surface area contributed by atoms with Crippen molar-refractivity contribution in [1.82, 2.24) is 0 Å². The van der Waals surface area contributed by atoms with Crippen LogP contribution < -0.4 is 0 Å². The zero-order valence-corrected chi connectivity index (χ0v) is 6.57. The van der Waals surface area contributed by atoms with Gasteiger partial charge in [0, 0.05) is 6.61 Å². The van der Waals surface area contributed by atoms with Gasteiger partial charge in [-0.1, -0.05) is 12.8 Å². The molecule has 10 heavy (non-hydrogen) atoms. The van der Waals surface area contributed by atoms with Crippen molar-refractivity contribution in [2.24, 2.45) is 0 Å². The quantitative estimate of drug-likeness (QED) is 0.502. The summed E-state index contributed by atoms with van der Waals surface area (Å²) in [5.41, 5.74) is 0.373. The first-order chi connectivity index (χ1) is 4.91. The Morgan fingerprint density at radius 1 is 0.800 bits per heavy atom. The zero-order valence-electron chi connectivity index (χ0n) is 6.57. The second kappa shape index (κ2) is 2.54. The summed E-state index contributed by atoms with van der Waals surface area (Å²) in [4.78, 5) is 0. The van der Waals surface area contributed by atoms with Gasteiger partial charge in [0.05, 0.1) is 5.60 Å². The lowest BCUT2D eigenvalue weighted by Gasteiger charge is -2.33. The van der Waals surface area contributed by atoms with Crippen LogP contribution in [0, 0.1) is 0 Å². The third kappa shape index (κ3) is 1.07. The fourth-order valence-electron chi connectivity index (χ4n) is 2.32. The molecular weight excluding hydrogens is 124 g/mol. The second-order valence-corrected chi connectivity index (χ2v) is 3.70. The molecule has 1 nitrogen and oxygen atoms in total. The lowest BCUT2D eigenvalue weighted by atomic mass is 9.92. The van der Waals surface area contributed by atoms with Gasteiger partial charge in [0.25, 0.3) is 0 Å². The molecule has 0 aromatic heterocycles. The van der Waals surface area contributed by atoms with E-state index in [1.54, 1.807) is 0 Å². The monoisotopic (exact) mass is 140 g/mol. The molecule has 0 bridgehead atoms. The highest BCUT2D eigenvalue weighted by Gasteiger charge is 2.35. The molecule has 0 radical (unpaired) electrons. The first kappa shape index (κ1) is 6.66. The van der Waals surface area contributed by atoms with Gasteiger partial charge in [-0.3, -0.25) is 0 Å². The normalized spacial score (nSPS) is 31.2. The van der Waals surface area contributed by atoms with Gasteiger partial charge >= 0.3 is 0 Å². The SMILES string of the molecule is C1CCC2(CCCC2)OC1.